The van der Waals surface area contributed by atoms with Crippen LogP contribution in [0.1, 0.15) is 11.6 Å². The molecule has 0 bridgehead atoms. The smallest absolute Gasteiger partial charge is 0.0853 e. The lowest BCUT2D eigenvalue weighted by Crippen LogP contribution is -2.14. The highest BCUT2D eigenvalue weighted by atomic mass is 35.5. The number of hydrogen-bond donors (Lipinski definition) is 2. The molecule has 0 fully saturated rings. The Bertz CT molecular complexity index is 475. The van der Waals surface area contributed by atoms with Gasteiger partial charge in [0.25, 0.3) is 0 Å². The molecule has 5 nitrogen and oxygen atoms in total. The Balaban J connectivity index is 0.00000144. The van der Waals surface area contributed by atoms with Gasteiger partial charge in [0.15, 0.2) is 0 Å². The van der Waals surface area contributed by atoms with Crippen molar-refractivity contribution in [2.75, 3.05) is 6.61 Å². The fourth-order valence-corrected chi connectivity index (χ4v) is 1.58. The summed E-state index contributed by atoms with van der Waals surface area (Å²) < 4.78 is 1.55. The molecule has 0 aliphatic carbocycles. The van der Waals surface area contributed by atoms with Crippen LogP contribution in [-0.2, 0) is 0 Å². The van der Waals surface area contributed by atoms with Crippen molar-refractivity contribution in [1.82, 2.24) is 15.0 Å². The van der Waals surface area contributed by atoms with Crippen molar-refractivity contribution in [1.29, 1.82) is 0 Å². The third-order valence-corrected chi connectivity index (χ3v) is 2.58. The molecule has 0 aliphatic rings. The van der Waals surface area contributed by atoms with Gasteiger partial charge in [-0.3, -0.25) is 0 Å². The van der Waals surface area contributed by atoms with Crippen molar-refractivity contribution < 1.29 is 5.11 Å². The first-order valence-electron chi connectivity index (χ1n) is 4.75. The fraction of sp³-hybridized carbons (Fsp3) is 0.200. The maximum Gasteiger partial charge on any atom is 0.0853 e. The van der Waals surface area contributed by atoms with Gasteiger partial charge in [0.1, 0.15) is 0 Å². The molecule has 1 aromatic heterocycles. The first kappa shape index (κ1) is 13.9. The summed E-state index contributed by atoms with van der Waals surface area (Å²) in [6, 6.07) is 4.88. The van der Waals surface area contributed by atoms with E-state index in [2.05, 4.69) is 10.3 Å². The molecule has 17 heavy (non-hydrogen) atoms. The van der Waals surface area contributed by atoms with Gasteiger partial charge in [-0.25, -0.2) is 4.68 Å². The second-order valence-corrected chi connectivity index (χ2v) is 3.75. The molecule has 0 saturated carbocycles. The summed E-state index contributed by atoms with van der Waals surface area (Å²) in [5, 5.41) is 17.1. The largest absolute Gasteiger partial charge is 0.394 e. The normalized spacial score (nSPS) is 11.9. The molecule has 0 aliphatic heterocycles. The van der Waals surface area contributed by atoms with Crippen LogP contribution < -0.4 is 5.73 Å². The average molecular weight is 275 g/mol. The Kier molecular flexibility index (Phi) is 4.89. The van der Waals surface area contributed by atoms with Gasteiger partial charge in [-0.15, -0.1) is 17.5 Å². The van der Waals surface area contributed by atoms with Crippen LogP contribution in [-0.4, -0.2) is 26.7 Å². The molecule has 0 spiro atoms. The van der Waals surface area contributed by atoms with E-state index in [-0.39, 0.29) is 19.0 Å². The van der Waals surface area contributed by atoms with E-state index < -0.39 is 6.04 Å². The first-order valence-corrected chi connectivity index (χ1v) is 5.12. The zero-order valence-corrected chi connectivity index (χ0v) is 10.4. The molecule has 7 heteroatoms. The van der Waals surface area contributed by atoms with Crippen LogP contribution in [0.15, 0.2) is 30.6 Å². The van der Waals surface area contributed by atoms with Crippen LogP contribution in [0.5, 0.6) is 0 Å². The molecule has 2 aromatic rings. The Labute approximate surface area is 110 Å². The van der Waals surface area contributed by atoms with Crippen molar-refractivity contribution in [3.63, 3.8) is 0 Å². The Hall–Kier alpha value is -1.14. The van der Waals surface area contributed by atoms with Gasteiger partial charge in [-0.1, -0.05) is 22.9 Å². The lowest BCUT2D eigenvalue weighted by atomic mass is 10.1. The Morgan fingerprint density at radius 2 is 2.24 bits per heavy atom. The number of aliphatic hydroxyl groups excluding tert-OH is 1. The lowest BCUT2D eigenvalue weighted by Gasteiger charge is -2.11. The number of rotatable bonds is 3. The second-order valence-electron chi connectivity index (χ2n) is 3.35. The second kappa shape index (κ2) is 5.97. The summed E-state index contributed by atoms with van der Waals surface area (Å²) >= 11 is 6.04. The number of aliphatic hydroxyl groups is 1. The van der Waals surface area contributed by atoms with Crippen molar-refractivity contribution in [2.45, 2.75) is 6.04 Å². The van der Waals surface area contributed by atoms with E-state index in [1.54, 1.807) is 35.3 Å². The molecule has 1 unspecified atom stereocenters. The molecular weight excluding hydrogens is 263 g/mol. The predicted octanol–water partition coefficient (Wildman–Crippen LogP) is 1.33. The monoisotopic (exact) mass is 274 g/mol. The summed E-state index contributed by atoms with van der Waals surface area (Å²) in [5.74, 6) is 0. The van der Waals surface area contributed by atoms with Gasteiger partial charge in [0.2, 0.25) is 0 Å². The predicted molar refractivity (Wildman–Crippen MR) is 67.6 cm³/mol. The van der Waals surface area contributed by atoms with Crippen LogP contribution >= 0.6 is 24.0 Å². The number of hydrogen-bond acceptors (Lipinski definition) is 4. The Morgan fingerprint density at radius 1 is 1.47 bits per heavy atom. The first-order chi connectivity index (χ1) is 7.72. The summed E-state index contributed by atoms with van der Waals surface area (Å²) in [6.45, 7) is -0.113. The van der Waals surface area contributed by atoms with Crippen LogP contribution in [0.3, 0.4) is 0 Å². The van der Waals surface area contributed by atoms with E-state index in [1.807, 2.05) is 0 Å². The fourth-order valence-electron chi connectivity index (χ4n) is 1.38. The molecule has 1 atom stereocenters. The third kappa shape index (κ3) is 2.95. The standard InChI is InChI=1S/C10H11ClN4O.ClH/c11-8-2-1-7(9(12)6-16)5-10(8)15-4-3-13-14-15;/h1-5,9,16H,6,12H2;1H. The number of halogens is 2. The molecule has 1 heterocycles. The highest BCUT2D eigenvalue weighted by Gasteiger charge is 2.09. The summed E-state index contributed by atoms with van der Waals surface area (Å²) in [5.41, 5.74) is 7.23. The van der Waals surface area contributed by atoms with Crippen LogP contribution in [0.4, 0.5) is 0 Å². The van der Waals surface area contributed by atoms with E-state index in [9.17, 15) is 0 Å². The summed E-state index contributed by atoms with van der Waals surface area (Å²) in [7, 11) is 0. The van der Waals surface area contributed by atoms with Crippen molar-refractivity contribution in [2.24, 2.45) is 5.73 Å². The molecule has 92 valence electrons. The number of benzene rings is 1. The van der Waals surface area contributed by atoms with E-state index >= 15 is 0 Å². The minimum atomic E-state index is -0.417. The van der Waals surface area contributed by atoms with E-state index in [0.29, 0.717) is 10.7 Å². The average Bonchev–Trinajstić information content (AvgIpc) is 2.82. The maximum absolute atomic E-state index is 8.99. The SMILES string of the molecule is Cl.NC(CO)c1ccc(Cl)c(-n2ccnn2)c1. The minimum absolute atomic E-state index is 0. The van der Waals surface area contributed by atoms with Gasteiger partial charge in [-0.2, -0.15) is 0 Å². The number of aromatic nitrogens is 3. The minimum Gasteiger partial charge on any atom is -0.394 e. The number of nitrogens with two attached hydrogens (primary N) is 1. The van der Waals surface area contributed by atoms with Gasteiger partial charge in [0.05, 0.1) is 35.8 Å². The van der Waals surface area contributed by atoms with Gasteiger partial charge >= 0.3 is 0 Å². The zero-order chi connectivity index (χ0) is 11.5. The molecular formula is C10H12Cl2N4O. The molecule has 2 rings (SSSR count). The van der Waals surface area contributed by atoms with Crippen LogP contribution in [0.2, 0.25) is 5.02 Å². The summed E-state index contributed by atoms with van der Waals surface area (Å²) in [6.07, 6.45) is 3.25. The third-order valence-electron chi connectivity index (χ3n) is 2.26. The molecule has 0 amide bonds. The van der Waals surface area contributed by atoms with Crippen LogP contribution in [0.25, 0.3) is 5.69 Å². The van der Waals surface area contributed by atoms with Crippen molar-refractivity contribution >= 4 is 24.0 Å². The zero-order valence-electron chi connectivity index (χ0n) is 8.82. The van der Waals surface area contributed by atoms with E-state index in [0.717, 1.165) is 5.56 Å². The van der Waals surface area contributed by atoms with Gasteiger partial charge < -0.3 is 10.8 Å². The molecule has 0 saturated heterocycles. The van der Waals surface area contributed by atoms with E-state index in [4.69, 9.17) is 22.4 Å². The topological polar surface area (TPSA) is 77.0 Å². The maximum atomic E-state index is 8.99. The lowest BCUT2D eigenvalue weighted by molar-refractivity contribution is 0.268. The quantitative estimate of drug-likeness (QED) is 0.886. The van der Waals surface area contributed by atoms with Gasteiger partial charge in [0, 0.05) is 0 Å². The highest BCUT2D eigenvalue weighted by molar-refractivity contribution is 6.32. The van der Waals surface area contributed by atoms with Gasteiger partial charge in [-0.05, 0) is 17.7 Å². The number of nitrogens with zero attached hydrogens (tertiary/aromatic N) is 3. The van der Waals surface area contributed by atoms with Crippen molar-refractivity contribution in [3.05, 3.63) is 41.2 Å². The molecule has 1 aromatic carbocycles. The van der Waals surface area contributed by atoms with Crippen molar-refractivity contribution in [3.8, 4) is 5.69 Å². The molecule has 0 radical (unpaired) electrons. The van der Waals surface area contributed by atoms with Crippen LogP contribution in [0, 0.1) is 0 Å². The molecule has 3 N–H and O–H groups in total. The Morgan fingerprint density at radius 3 is 2.82 bits per heavy atom. The highest BCUT2D eigenvalue weighted by Crippen LogP contribution is 2.23. The summed E-state index contributed by atoms with van der Waals surface area (Å²) in [4.78, 5) is 0. The van der Waals surface area contributed by atoms with E-state index in [1.165, 1.54) is 0 Å².